The maximum atomic E-state index is 9.87. The Kier molecular flexibility index (Phi) is 12.0. The first-order chi connectivity index (χ1) is 8.74. The smallest absolute Gasteiger partial charge is 0.211 e. The fourth-order valence-electron chi connectivity index (χ4n) is 2.25. The molecule has 18 heavy (non-hydrogen) atoms. The van der Waals surface area contributed by atoms with Crippen molar-refractivity contribution < 1.29 is 4.79 Å². The average molecular weight is 251 g/mol. The minimum absolute atomic E-state index is 0.475. The molecule has 1 atom stereocenters. The number of carbonyl (C=O) groups excluding carboxylic acids is 1. The van der Waals surface area contributed by atoms with Gasteiger partial charge >= 0.3 is 0 Å². The van der Waals surface area contributed by atoms with E-state index in [4.69, 9.17) is 0 Å². The molecule has 0 rings (SSSR count). The number of aliphatic imine (C=N–C) groups is 1. The highest BCUT2D eigenvalue weighted by molar-refractivity contribution is 5.33. The van der Waals surface area contributed by atoms with Crippen molar-refractivity contribution in [1.29, 1.82) is 0 Å². The summed E-state index contributed by atoms with van der Waals surface area (Å²) >= 11 is 0. The third-order valence-electron chi connectivity index (χ3n) is 3.65. The SMILES string of the molecule is CCC(CC)CCCCCC(C)C=CCN=C=O. The van der Waals surface area contributed by atoms with Crippen LogP contribution in [-0.2, 0) is 4.79 Å². The van der Waals surface area contributed by atoms with Crippen molar-refractivity contribution in [2.75, 3.05) is 6.54 Å². The largest absolute Gasteiger partial charge is 0.235 e. The molecule has 104 valence electrons. The third-order valence-corrected chi connectivity index (χ3v) is 3.65. The zero-order valence-corrected chi connectivity index (χ0v) is 12.3. The maximum absolute atomic E-state index is 9.87. The van der Waals surface area contributed by atoms with Gasteiger partial charge in [-0.3, -0.25) is 0 Å². The summed E-state index contributed by atoms with van der Waals surface area (Å²) < 4.78 is 0. The molecule has 0 aromatic rings. The van der Waals surface area contributed by atoms with E-state index in [1.54, 1.807) is 6.08 Å². The summed E-state index contributed by atoms with van der Waals surface area (Å²) in [5.74, 6) is 1.53. The van der Waals surface area contributed by atoms with Gasteiger partial charge in [0.1, 0.15) is 0 Å². The molecule has 0 bridgehead atoms. The van der Waals surface area contributed by atoms with E-state index in [0.29, 0.717) is 12.5 Å². The van der Waals surface area contributed by atoms with E-state index in [1.807, 2.05) is 6.08 Å². The molecule has 2 heteroatoms. The molecule has 0 heterocycles. The van der Waals surface area contributed by atoms with Gasteiger partial charge in [-0.15, -0.1) is 0 Å². The third kappa shape index (κ3) is 10.3. The van der Waals surface area contributed by atoms with Crippen LogP contribution in [0, 0.1) is 11.8 Å². The monoisotopic (exact) mass is 251 g/mol. The van der Waals surface area contributed by atoms with Crippen LogP contribution in [0.2, 0.25) is 0 Å². The summed E-state index contributed by atoms with van der Waals surface area (Å²) in [7, 11) is 0. The van der Waals surface area contributed by atoms with Gasteiger partial charge < -0.3 is 0 Å². The molecule has 0 aliphatic carbocycles. The number of unbranched alkanes of at least 4 members (excludes halogenated alkanes) is 2. The lowest BCUT2D eigenvalue weighted by Crippen LogP contribution is -1.97. The number of hydrogen-bond donors (Lipinski definition) is 0. The number of rotatable bonds is 11. The van der Waals surface area contributed by atoms with Crippen molar-refractivity contribution >= 4 is 6.08 Å². The summed E-state index contributed by atoms with van der Waals surface area (Å²) in [6.45, 7) is 7.29. The Bertz CT molecular complexity index is 250. The zero-order valence-electron chi connectivity index (χ0n) is 12.3. The topological polar surface area (TPSA) is 29.4 Å². The number of hydrogen-bond acceptors (Lipinski definition) is 2. The summed E-state index contributed by atoms with van der Waals surface area (Å²) in [4.78, 5) is 13.4. The van der Waals surface area contributed by atoms with E-state index in [1.165, 1.54) is 44.9 Å². The summed E-state index contributed by atoms with van der Waals surface area (Å²) in [6, 6.07) is 0. The molecular weight excluding hydrogens is 222 g/mol. The fourth-order valence-corrected chi connectivity index (χ4v) is 2.25. The van der Waals surface area contributed by atoms with Gasteiger partial charge in [-0.25, -0.2) is 9.79 Å². The van der Waals surface area contributed by atoms with Crippen LogP contribution in [0.4, 0.5) is 0 Å². The lowest BCUT2D eigenvalue weighted by Gasteiger charge is -2.11. The van der Waals surface area contributed by atoms with Crippen molar-refractivity contribution in [3.05, 3.63) is 12.2 Å². The van der Waals surface area contributed by atoms with Gasteiger partial charge in [0.2, 0.25) is 6.08 Å². The highest BCUT2D eigenvalue weighted by Crippen LogP contribution is 2.18. The Labute approximate surface area is 113 Å². The minimum Gasteiger partial charge on any atom is -0.211 e. The standard InChI is InChI=1S/C16H29NO/c1-4-16(5-2)12-8-6-7-10-15(3)11-9-13-17-14-18/h9,11,15-16H,4-8,10,12-13H2,1-3H3. The molecule has 2 nitrogen and oxygen atoms in total. The molecule has 1 unspecified atom stereocenters. The number of allylic oxidation sites excluding steroid dienone is 1. The Morgan fingerprint density at radius 3 is 2.39 bits per heavy atom. The first-order valence-electron chi connectivity index (χ1n) is 7.44. The van der Waals surface area contributed by atoms with E-state index >= 15 is 0 Å². The fraction of sp³-hybridized carbons (Fsp3) is 0.812. The summed E-state index contributed by atoms with van der Waals surface area (Å²) in [5, 5.41) is 0. The van der Waals surface area contributed by atoms with Gasteiger partial charge in [0.05, 0.1) is 6.54 Å². The molecule has 0 spiro atoms. The van der Waals surface area contributed by atoms with Gasteiger partial charge in [0, 0.05) is 0 Å². The Balaban J connectivity index is 3.47. The minimum atomic E-state index is 0.475. The van der Waals surface area contributed by atoms with Crippen molar-refractivity contribution in [2.24, 2.45) is 16.8 Å². The van der Waals surface area contributed by atoms with E-state index < -0.39 is 0 Å². The first-order valence-corrected chi connectivity index (χ1v) is 7.44. The van der Waals surface area contributed by atoms with Crippen LogP contribution in [0.25, 0.3) is 0 Å². The van der Waals surface area contributed by atoms with Crippen LogP contribution in [0.5, 0.6) is 0 Å². The molecule has 0 N–H and O–H groups in total. The van der Waals surface area contributed by atoms with Crippen molar-refractivity contribution in [3.63, 3.8) is 0 Å². The lowest BCUT2D eigenvalue weighted by molar-refractivity contribution is 0.424. The molecule has 0 aromatic carbocycles. The van der Waals surface area contributed by atoms with E-state index in [9.17, 15) is 4.79 Å². The summed E-state index contributed by atoms with van der Waals surface area (Å²) in [6.07, 6.45) is 15.0. The molecule has 0 amide bonds. The first kappa shape index (κ1) is 17.1. The normalized spacial score (nSPS) is 12.9. The lowest BCUT2D eigenvalue weighted by atomic mass is 9.95. The van der Waals surface area contributed by atoms with Gasteiger partial charge in [-0.2, -0.15) is 0 Å². The molecule has 0 aliphatic rings. The van der Waals surface area contributed by atoms with Crippen LogP contribution in [-0.4, -0.2) is 12.6 Å². The van der Waals surface area contributed by atoms with Gasteiger partial charge in [-0.1, -0.05) is 71.4 Å². The highest BCUT2D eigenvalue weighted by Gasteiger charge is 2.03. The average Bonchev–Trinajstić information content (AvgIpc) is 2.39. The van der Waals surface area contributed by atoms with Crippen molar-refractivity contribution in [1.82, 2.24) is 0 Å². The van der Waals surface area contributed by atoms with Crippen LogP contribution >= 0.6 is 0 Å². The highest BCUT2D eigenvalue weighted by atomic mass is 16.1. The van der Waals surface area contributed by atoms with Gasteiger partial charge in [-0.05, 0) is 18.3 Å². The maximum Gasteiger partial charge on any atom is 0.235 e. The van der Waals surface area contributed by atoms with Gasteiger partial charge in [0.15, 0.2) is 0 Å². The van der Waals surface area contributed by atoms with Gasteiger partial charge in [0.25, 0.3) is 0 Å². The number of nitrogens with zero attached hydrogens (tertiary/aromatic N) is 1. The zero-order chi connectivity index (χ0) is 13.6. The van der Waals surface area contributed by atoms with Crippen LogP contribution < -0.4 is 0 Å². The predicted octanol–water partition coefficient (Wildman–Crippen LogP) is 4.90. The Hall–Kier alpha value is -0.880. The molecule has 0 fully saturated rings. The van der Waals surface area contributed by atoms with E-state index in [2.05, 4.69) is 31.8 Å². The Morgan fingerprint density at radius 2 is 1.78 bits per heavy atom. The van der Waals surface area contributed by atoms with Crippen LogP contribution in [0.3, 0.4) is 0 Å². The summed E-state index contributed by atoms with van der Waals surface area (Å²) in [5.41, 5.74) is 0. The second kappa shape index (κ2) is 12.6. The molecule has 0 aromatic heterocycles. The van der Waals surface area contributed by atoms with Crippen LogP contribution in [0.15, 0.2) is 17.1 Å². The van der Waals surface area contributed by atoms with Crippen LogP contribution in [0.1, 0.15) is 65.7 Å². The predicted molar refractivity (Wildman–Crippen MR) is 78.4 cm³/mol. The van der Waals surface area contributed by atoms with Crippen molar-refractivity contribution in [2.45, 2.75) is 65.7 Å². The molecular formula is C16H29NO. The molecule has 0 radical (unpaired) electrons. The Morgan fingerprint density at radius 1 is 1.11 bits per heavy atom. The van der Waals surface area contributed by atoms with E-state index in [0.717, 1.165) is 5.92 Å². The molecule has 0 saturated heterocycles. The van der Waals surface area contributed by atoms with Crippen molar-refractivity contribution in [3.8, 4) is 0 Å². The van der Waals surface area contributed by atoms with E-state index in [-0.39, 0.29) is 0 Å². The second-order valence-electron chi connectivity index (χ2n) is 5.16. The number of isocyanates is 1. The molecule has 0 aliphatic heterocycles. The second-order valence-corrected chi connectivity index (χ2v) is 5.16. The molecule has 0 saturated carbocycles. The quantitative estimate of drug-likeness (QED) is 0.222.